The second-order valence-electron chi connectivity index (χ2n) is 5.11. The molecule has 0 atom stereocenters. The minimum absolute atomic E-state index is 0.506. The second kappa shape index (κ2) is 6.00. The van der Waals surface area contributed by atoms with Crippen LogP contribution in [0.5, 0.6) is 5.75 Å². The Morgan fingerprint density at radius 1 is 1.35 bits per heavy atom. The molecule has 0 aromatic carbocycles. The lowest BCUT2D eigenvalue weighted by atomic mass is 9.96. The highest BCUT2D eigenvalue weighted by molar-refractivity contribution is 5.22. The lowest BCUT2D eigenvalue weighted by Crippen LogP contribution is -2.33. The van der Waals surface area contributed by atoms with Crippen molar-refractivity contribution in [2.24, 2.45) is 0 Å². The number of rotatable bonds is 4. The van der Waals surface area contributed by atoms with E-state index < -0.39 is 0 Å². The number of pyridine rings is 1. The number of ether oxygens (including phenoxy) is 1. The van der Waals surface area contributed by atoms with Gasteiger partial charge in [-0.3, -0.25) is 15.0 Å². The summed E-state index contributed by atoms with van der Waals surface area (Å²) in [6.07, 6.45) is 5.61. The van der Waals surface area contributed by atoms with Crippen molar-refractivity contribution in [1.82, 2.24) is 25.1 Å². The fourth-order valence-corrected chi connectivity index (χ4v) is 2.67. The summed E-state index contributed by atoms with van der Waals surface area (Å²) < 4.78 is 5.23. The molecule has 1 fully saturated rings. The topological polar surface area (TPSA) is 66.9 Å². The van der Waals surface area contributed by atoms with Gasteiger partial charge in [0.25, 0.3) is 0 Å². The zero-order chi connectivity index (χ0) is 13.8. The van der Waals surface area contributed by atoms with Gasteiger partial charge in [0.05, 0.1) is 12.8 Å². The normalized spacial score (nSPS) is 17.2. The summed E-state index contributed by atoms with van der Waals surface area (Å²) in [5.41, 5.74) is 1.06. The smallest absolute Gasteiger partial charge is 0.137 e. The molecule has 0 radical (unpaired) electrons. The zero-order valence-electron chi connectivity index (χ0n) is 11.6. The van der Waals surface area contributed by atoms with Crippen LogP contribution in [-0.4, -0.2) is 45.3 Å². The van der Waals surface area contributed by atoms with E-state index in [9.17, 15) is 0 Å². The number of aromatic nitrogens is 4. The first kappa shape index (κ1) is 13.1. The van der Waals surface area contributed by atoms with Crippen LogP contribution in [0.15, 0.2) is 24.7 Å². The van der Waals surface area contributed by atoms with E-state index in [1.807, 2.05) is 12.1 Å². The van der Waals surface area contributed by atoms with Crippen molar-refractivity contribution < 1.29 is 4.74 Å². The van der Waals surface area contributed by atoms with Crippen LogP contribution >= 0.6 is 0 Å². The van der Waals surface area contributed by atoms with Crippen molar-refractivity contribution in [3.63, 3.8) is 0 Å². The number of hydrogen-bond donors (Lipinski definition) is 1. The summed E-state index contributed by atoms with van der Waals surface area (Å²) in [5.74, 6) is 2.39. The Labute approximate surface area is 118 Å². The molecule has 1 N–H and O–H groups in total. The Morgan fingerprint density at radius 2 is 2.20 bits per heavy atom. The molecule has 3 heterocycles. The number of nitrogens with one attached hydrogen (secondary N) is 1. The van der Waals surface area contributed by atoms with Crippen LogP contribution in [0.1, 0.15) is 30.3 Å². The molecule has 3 rings (SSSR count). The first-order chi connectivity index (χ1) is 9.85. The number of hydrogen-bond acceptors (Lipinski definition) is 5. The molecule has 2 aromatic rings. The van der Waals surface area contributed by atoms with Gasteiger partial charge in [-0.1, -0.05) is 0 Å². The summed E-state index contributed by atoms with van der Waals surface area (Å²) in [6.45, 7) is 2.99. The molecule has 0 saturated carbocycles. The molecule has 0 unspecified atom stereocenters. The van der Waals surface area contributed by atoms with Crippen LogP contribution in [-0.2, 0) is 6.54 Å². The molecule has 0 bridgehead atoms. The maximum Gasteiger partial charge on any atom is 0.137 e. The summed E-state index contributed by atoms with van der Waals surface area (Å²) in [5, 5.41) is 6.91. The molecule has 1 aliphatic heterocycles. The third-order valence-corrected chi connectivity index (χ3v) is 3.82. The predicted octanol–water partition coefficient (Wildman–Crippen LogP) is 1.59. The SMILES string of the molecule is COc1ccnc(CN2CCC(c3ncn[nH]3)CC2)c1. The molecule has 2 aromatic heterocycles. The van der Waals surface area contributed by atoms with Crippen molar-refractivity contribution in [1.29, 1.82) is 0 Å². The van der Waals surface area contributed by atoms with Gasteiger partial charge in [0, 0.05) is 24.7 Å². The highest BCUT2D eigenvalue weighted by Crippen LogP contribution is 2.25. The molecule has 106 valence electrons. The second-order valence-corrected chi connectivity index (χ2v) is 5.11. The van der Waals surface area contributed by atoms with Crippen molar-refractivity contribution >= 4 is 0 Å². The number of piperidine rings is 1. The maximum absolute atomic E-state index is 5.23. The van der Waals surface area contributed by atoms with E-state index in [-0.39, 0.29) is 0 Å². The Hall–Kier alpha value is -1.95. The van der Waals surface area contributed by atoms with Crippen molar-refractivity contribution in [3.05, 3.63) is 36.2 Å². The zero-order valence-corrected chi connectivity index (χ0v) is 11.6. The van der Waals surface area contributed by atoms with Gasteiger partial charge in [0.1, 0.15) is 17.9 Å². The highest BCUT2D eigenvalue weighted by atomic mass is 16.5. The molecule has 0 aliphatic carbocycles. The van der Waals surface area contributed by atoms with Crippen molar-refractivity contribution in [2.75, 3.05) is 20.2 Å². The predicted molar refractivity (Wildman–Crippen MR) is 74.4 cm³/mol. The third-order valence-electron chi connectivity index (χ3n) is 3.82. The fourth-order valence-electron chi connectivity index (χ4n) is 2.67. The number of aromatic amines is 1. The molecule has 6 nitrogen and oxygen atoms in total. The Bertz CT molecular complexity index is 534. The van der Waals surface area contributed by atoms with Crippen molar-refractivity contribution in [2.45, 2.75) is 25.3 Å². The quantitative estimate of drug-likeness (QED) is 0.916. The van der Waals surface area contributed by atoms with Crippen LogP contribution < -0.4 is 4.74 Å². The van der Waals surface area contributed by atoms with Crippen LogP contribution in [0, 0.1) is 0 Å². The van der Waals surface area contributed by atoms with E-state index in [1.165, 1.54) is 0 Å². The molecule has 6 heteroatoms. The first-order valence-corrected chi connectivity index (χ1v) is 6.91. The van der Waals surface area contributed by atoms with Gasteiger partial charge < -0.3 is 4.74 Å². The minimum atomic E-state index is 0.506. The molecule has 1 saturated heterocycles. The molecular weight excluding hydrogens is 254 g/mol. The molecule has 20 heavy (non-hydrogen) atoms. The average Bonchev–Trinajstić information content (AvgIpc) is 3.02. The number of H-pyrrole nitrogens is 1. The van der Waals surface area contributed by atoms with E-state index >= 15 is 0 Å². The Morgan fingerprint density at radius 3 is 2.90 bits per heavy atom. The van der Waals surface area contributed by atoms with Gasteiger partial charge >= 0.3 is 0 Å². The van der Waals surface area contributed by atoms with E-state index in [2.05, 4.69) is 25.1 Å². The standard InChI is InChI=1S/C14H19N5O/c1-20-13-2-5-15-12(8-13)9-19-6-3-11(4-7-19)14-16-10-17-18-14/h2,5,8,10-11H,3-4,6-7,9H2,1H3,(H,16,17,18). The van der Waals surface area contributed by atoms with Crippen LogP contribution in [0.2, 0.25) is 0 Å². The van der Waals surface area contributed by atoms with Gasteiger partial charge in [-0.2, -0.15) is 5.10 Å². The first-order valence-electron chi connectivity index (χ1n) is 6.91. The largest absolute Gasteiger partial charge is 0.497 e. The number of nitrogens with zero attached hydrogens (tertiary/aromatic N) is 4. The monoisotopic (exact) mass is 273 g/mol. The maximum atomic E-state index is 5.23. The molecule has 1 aliphatic rings. The number of methoxy groups -OCH3 is 1. The minimum Gasteiger partial charge on any atom is -0.497 e. The van der Waals surface area contributed by atoms with Crippen molar-refractivity contribution in [3.8, 4) is 5.75 Å². The number of likely N-dealkylation sites (tertiary alicyclic amines) is 1. The van der Waals surface area contributed by atoms with Crippen LogP contribution in [0.4, 0.5) is 0 Å². The van der Waals surface area contributed by atoms with E-state index in [1.54, 1.807) is 19.6 Å². The van der Waals surface area contributed by atoms with Gasteiger partial charge in [-0.15, -0.1) is 0 Å². The van der Waals surface area contributed by atoms with Crippen LogP contribution in [0.25, 0.3) is 0 Å². The van der Waals surface area contributed by atoms with Gasteiger partial charge in [0.15, 0.2) is 0 Å². The summed E-state index contributed by atoms with van der Waals surface area (Å²) in [7, 11) is 1.68. The van der Waals surface area contributed by atoms with Crippen LogP contribution in [0.3, 0.4) is 0 Å². The molecular formula is C14H19N5O. The van der Waals surface area contributed by atoms with E-state index in [0.29, 0.717) is 5.92 Å². The summed E-state index contributed by atoms with van der Waals surface area (Å²) in [6, 6.07) is 3.88. The van der Waals surface area contributed by atoms with Gasteiger partial charge in [-0.25, -0.2) is 4.98 Å². The summed E-state index contributed by atoms with van der Waals surface area (Å²) in [4.78, 5) is 11.1. The van der Waals surface area contributed by atoms with E-state index in [0.717, 1.165) is 49.7 Å². The Balaban J connectivity index is 1.55. The molecule has 0 amide bonds. The molecule has 0 spiro atoms. The van der Waals surface area contributed by atoms with E-state index in [4.69, 9.17) is 4.74 Å². The highest BCUT2D eigenvalue weighted by Gasteiger charge is 2.22. The van der Waals surface area contributed by atoms with Gasteiger partial charge in [0.2, 0.25) is 0 Å². The third kappa shape index (κ3) is 2.96. The van der Waals surface area contributed by atoms with Gasteiger partial charge in [-0.05, 0) is 32.0 Å². The Kier molecular flexibility index (Phi) is 3.92. The average molecular weight is 273 g/mol. The summed E-state index contributed by atoms with van der Waals surface area (Å²) >= 11 is 0. The lowest BCUT2D eigenvalue weighted by Gasteiger charge is -2.30. The fraction of sp³-hybridized carbons (Fsp3) is 0.500. The lowest BCUT2D eigenvalue weighted by molar-refractivity contribution is 0.199.